The van der Waals surface area contributed by atoms with Gasteiger partial charge in [0, 0.05) is 18.1 Å². The van der Waals surface area contributed by atoms with E-state index in [0.717, 1.165) is 11.1 Å². The number of aliphatic imine (C=N–C) groups is 1. The molecule has 0 amide bonds. The highest BCUT2D eigenvalue weighted by molar-refractivity contribution is 5.72. The Labute approximate surface area is 113 Å². The minimum absolute atomic E-state index is 0.00882. The normalized spacial score (nSPS) is 21.9. The highest BCUT2D eigenvalue weighted by atomic mass is 19.3. The maximum absolute atomic E-state index is 12.0. The molecule has 0 heterocycles. The lowest BCUT2D eigenvalue weighted by Gasteiger charge is -2.07. The molecule has 1 aromatic rings. The SMILES string of the molecule is Cc1ccc([N+](=O)[O-])cc1[C@H]1C[C@H]1O/C(N)=N\C(F)F. The molecule has 0 spiro atoms. The van der Waals surface area contributed by atoms with Crippen molar-refractivity contribution in [3.8, 4) is 0 Å². The van der Waals surface area contributed by atoms with E-state index in [4.69, 9.17) is 10.5 Å². The number of amidine groups is 1. The minimum atomic E-state index is -2.91. The van der Waals surface area contributed by atoms with Crippen molar-refractivity contribution in [2.24, 2.45) is 10.7 Å². The molecule has 108 valence electrons. The third kappa shape index (κ3) is 3.19. The highest BCUT2D eigenvalue weighted by Gasteiger charge is 2.42. The van der Waals surface area contributed by atoms with Crippen molar-refractivity contribution in [2.75, 3.05) is 0 Å². The predicted octanol–water partition coefficient (Wildman–Crippen LogP) is 2.31. The molecule has 0 aromatic heterocycles. The number of non-ortho nitro benzene ring substituents is 1. The zero-order chi connectivity index (χ0) is 14.9. The number of hydrogen-bond acceptors (Lipinski definition) is 4. The van der Waals surface area contributed by atoms with Gasteiger partial charge < -0.3 is 10.5 Å². The van der Waals surface area contributed by atoms with Crippen LogP contribution < -0.4 is 5.73 Å². The molecule has 2 rings (SSSR count). The molecule has 8 heteroatoms. The molecule has 0 radical (unpaired) electrons. The van der Waals surface area contributed by atoms with E-state index >= 15 is 0 Å². The van der Waals surface area contributed by atoms with E-state index in [-0.39, 0.29) is 17.7 Å². The third-order valence-electron chi connectivity index (χ3n) is 3.10. The average molecular weight is 285 g/mol. The van der Waals surface area contributed by atoms with Crippen LogP contribution in [-0.2, 0) is 4.74 Å². The molecule has 1 aromatic carbocycles. The van der Waals surface area contributed by atoms with Gasteiger partial charge in [-0.05, 0) is 24.5 Å². The Hall–Kier alpha value is -2.25. The van der Waals surface area contributed by atoms with Gasteiger partial charge in [-0.3, -0.25) is 10.1 Å². The Morgan fingerprint density at radius 3 is 2.90 bits per heavy atom. The number of nitro groups is 1. The van der Waals surface area contributed by atoms with Crippen molar-refractivity contribution in [1.29, 1.82) is 0 Å². The van der Waals surface area contributed by atoms with Crippen molar-refractivity contribution in [2.45, 2.75) is 31.9 Å². The summed E-state index contributed by atoms with van der Waals surface area (Å²) in [6.07, 6.45) is 0.208. The van der Waals surface area contributed by atoms with Gasteiger partial charge >= 0.3 is 6.55 Å². The third-order valence-corrected chi connectivity index (χ3v) is 3.10. The number of rotatable bonds is 4. The second-order valence-electron chi connectivity index (χ2n) is 4.54. The first-order valence-electron chi connectivity index (χ1n) is 5.91. The highest BCUT2D eigenvalue weighted by Crippen LogP contribution is 2.45. The van der Waals surface area contributed by atoms with E-state index in [1.807, 2.05) is 6.92 Å². The van der Waals surface area contributed by atoms with Crippen molar-refractivity contribution in [3.05, 3.63) is 39.4 Å². The fourth-order valence-electron chi connectivity index (χ4n) is 2.05. The summed E-state index contributed by atoms with van der Waals surface area (Å²) in [6, 6.07) is 3.99. The number of nitrogens with zero attached hydrogens (tertiary/aromatic N) is 2. The number of nitrogens with two attached hydrogens (primary N) is 1. The fourth-order valence-corrected chi connectivity index (χ4v) is 2.05. The summed E-state index contributed by atoms with van der Waals surface area (Å²) in [5.74, 6) is -0.0821. The van der Waals surface area contributed by atoms with Gasteiger partial charge in [-0.15, -0.1) is 0 Å². The van der Waals surface area contributed by atoms with E-state index in [2.05, 4.69) is 4.99 Å². The summed E-state index contributed by atoms with van der Waals surface area (Å²) in [5, 5.41) is 10.7. The molecule has 1 saturated carbocycles. The molecular weight excluding hydrogens is 272 g/mol. The van der Waals surface area contributed by atoms with E-state index in [1.54, 1.807) is 6.07 Å². The van der Waals surface area contributed by atoms with Gasteiger partial charge in [0.2, 0.25) is 0 Å². The van der Waals surface area contributed by atoms with Crippen molar-refractivity contribution in [1.82, 2.24) is 0 Å². The maximum atomic E-state index is 12.0. The summed E-state index contributed by atoms with van der Waals surface area (Å²) < 4.78 is 29.0. The lowest BCUT2D eigenvalue weighted by molar-refractivity contribution is -0.384. The number of alkyl halides is 2. The van der Waals surface area contributed by atoms with Crippen LogP contribution >= 0.6 is 0 Å². The molecule has 20 heavy (non-hydrogen) atoms. The van der Waals surface area contributed by atoms with Gasteiger partial charge in [-0.25, -0.2) is 0 Å². The Kier molecular flexibility index (Phi) is 3.82. The van der Waals surface area contributed by atoms with Crippen LogP contribution in [0, 0.1) is 17.0 Å². The number of halogens is 2. The van der Waals surface area contributed by atoms with Crippen LogP contribution in [0.15, 0.2) is 23.2 Å². The number of aryl methyl sites for hydroxylation is 1. The van der Waals surface area contributed by atoms with Crippen LogP contribution in [0.4, 0.5) is 14.5 Å². The van der Waals surface area contributed by atoms with Gasteiger partial charge in [-0.2, -0.15) is 13.8 Å². The second-order valence-corrected chi connectivity index (χ2v) is 4.54. The Morgan fingerprint density at radius 2 is 2.30 bits per heavy atom. The zero-order valence-electron chi connectivity index (χ0n) is 10.6. The minimum Gasteiger partial charge on any atom is -0.461 e. The van der Waals surface area contributed by atoms with Gasteiger partial charge in [0.05, 0.1) is 4.92 Å². The van der Waals surface area contributed by atoms with Crippen LogP contribution in [0.5, 0.6) is 0 Å². The summed E-state index contributed by atoms with van der Waals surface area (Å²) in [5.41, 5.74) is 6.86. The Balaban J connectivity index is 2.08. The Morgan fingerprint density at radius 1 is 1.60 bits per heavy atom. The summed E-state index contributed by atoms with van der Waals surface area (Å²) in [4.78, 5) is 13.0. The van der Waals surface area contributed by atoms with Crippen molar-refractivity contribution >= 4 is 11.7 Å². The van der Waals surface area contributed by atoms with E-state index in [9.17, 15) is 18.9 Å². The molecule has 0 unspecified atom stereocenters. The first-order valence-corrected chi connectivity index (χ1v) is 5.91. The number of ether oxygens (including phenoxy) is 1. The summed E-state index contributed by atoms with van der Waals surface area (Å²) in [7, 11) is 0. The lowest BCUT2D eigenvalue weighted by Crippen LogP contribution is -2.19. The first-order chi connectivity index (χ1) is 9.38. The molecule has 0 aliphatic heterocycles. The van der Waals surface area contributed by atoms with Crippen LogP contribution in [0.2, 0.25) is 0 Å². The fraction of sp³-hybridized carbons (Fsp3) is 0.417. The standard InChI is InChI=1S/C12H13F2N3O3/c1-6-2-3-7(17(18)19)4-8(6)9-5-10(9)20-12(15)16-11(13)14/h2-4,9-11H,5H2,1H3,(H2,15,16)/t9-,10-/m1/s1. The molecule has 6 nitrogen and oxygen atoms in total. The zero-order valence-corrected chi connectivity index (χ0v) is 10.6. The first kappa shape index (κ1) is 14.2. The summed E-state index contributed by atoms with van der Waals surface area (Å²) >= 11 is 0. The van der Waals surface area contributed by atoms with Gasteiger partial charge in [0.1, 0.15) is 6.10 Å². The maximum Gasteiger partial charge on any atom is 0.336 e. The lowest BCUT2D eigenvalue weighted by atomic mass is 10.0. The Bertz CT molecular complexity index is 563. The number of benzene rings is 1. The predicted molar refractivity (Wildman–Crippen MR) is 67.7 cm³/mol. The molecule has 2 atom stereocenters. The molecule has 0 saturated heterocycles. The van der Waals surface area contributed by atoms with Gasteiger partial charge in [0.15, 0.2) is 0 Å². The molecule has 0 bridgehead atoms. The monoisotopic (exact) mass is 285 g/mol. The van der Waals surface area contributed by atoms with Crippen molar-refractivity contribution < 1.29 is 18.4 Å². The number of hydrogen-bond donors (Lipinski definition) is 1. The van der Waals surface area contributed by atoms with E-state index in [0.29, 0.717) is 6.42 Å². The van der Waals surface area contributed by atoms with Gasteiger partial charge in [-0.1, -0.05) is 6.07 Å². The van der Waals surface area contributed by atoms with E-state index in [1.165, 1.54) is 12.1 Å². The van der Waals surface area contributed by atoms with Crippen molar-refractivity contribution in [3.63, 3.8) is 0 Å². The molecular formula is C12H13F2N3O3. The van der Waals surface area contributed by atoms with Crippen LogP contribution in [0.3, 0.4) is 0 Å². The smallest absolute Gasteiger partial charge is 0.336 e. The molecule has 2 N–H and O–H groups in total. The summed E-state index contributed by atoms with van der Waals surface area (Å²) in [6.45, 7) is -1.09. The van der Waals surface area contributed by atoms with Crippen LogP contribution in [0.1, 0.15) is 23.5 Å². The molecule has 1 fully saturated rings. The van der Waals surface area contributed by atoms with Crippen LogP contribution in [0.25, 0.3) is 0 Å². The molecule has 1 aliphatic carbocycles. The number of nitro benzene ring substituents is 1. The largest absolute Gasteiger partial charge is 0.461 e. The molecule has 1 aliphatic rings. The van der Waals surface area contributed by atoms with E-state index < -0.39 is 17.5 Å². The quantitative estimate of drug-likeness (QED) is 0.302. The van der Waals surface area contributed by atoms with Crippen LogP contribution in [-0.4, -0.2) is 23.6 Å². The average Bonchev–Trinajstić information content (AvgIpc) is 3.07. The van der Waals surface area contributed by atoms with Gasteiger partial charge in [0.25, 0.3) is 11.7 Å². The topological polar surface area (TPSA) is 90.8 Å². The second kappa shape index (κ2) is 5.40.